The van der Waals surface area contributed by atoms with Gasteiger partial charge < -0.3 is 10.2 Å². The van der Waals surface area contributed by atoms with Gasteiger partial charge in [0.15, 0.2) is 0 Å². The molecule has 5 saturated carbocycles. The maximum atomic E-state index is 11.0. The first kappa shape index (κ1) is 42.4. The van der Waals surface area contributed by atoms with E-state index in [0.717, 1.165) is 52.7 Å². The van der Waals surface area contributed by atoms with Crippen LogP contribution < -0.4 is 0 Å². The van der Waals surface area contributed by atoms with Gasteiger partial charge in [0.05, 0.1) is 0 Å². The second kappa shape index (κ2) is 18.8. The molecule has 0 amide bonds. The monoisotopic (exact) mass is 742 g/mol. The zero-order valence-corrected chi connectivity index (χ0v) is 34.3. The molecule has 4 bridgehead atoms. The lowest BCUT2D eigenvalue weighted by Gasteiger charge is -2.46. The first-order valence-corrected chi connectivity index (χ1v) is 22.1. The zero-order chi connectivity index (χ0) is 38.9. The van der Waals surface area contributed by atoms with E-state index >= 15 is 0 Å². The summed E-state index contributed by atoms with van der Waals surface area (Å²) in [6, 6.07) is 28.3. The van der Waals surface area contributed by atoms with Crippen molar-refractivity contribution < 1.29 is 23.2 Å². The Labute approximate surface area is 321 Å². The molecule has 8 unspecified atom stereocenters. The number of fused-ring (bicyclic) bond motifs is 12. The molecule has 9 rings (SSSR count). The third-order valence-electron chi connectivity index (χ3n) is 12.2. The van der Waals surface area contributed by atoms with Gasteiger partial charge >= 0.3 is 0 Å². The van der Waals surface area contributed by atoms with Crippen molar-refractivity contribution in [1.29, 1.82) is 0 Å². The summed E-state index contributed by atoms with van der Waals surface area (Å²) in [6.07, 6.45) is 11.1. The first-order valence-electron chi connectivity index (χ1n) is 20.6. The van der Waals surface area contributed by atoms with Crippen LogP contribution in [0.1, 0.15) is 118 Å². The molecule has 4 aromatic carbocycles. The highest BCUT2D eigenvalue weighted by Gasteiger charge is 2.73. The summed E-state index contributed by atoms with van der Waals surface area (Å²) >= 11 is 0. The smallest absolute Gasteiger partial charge is 0.295 e. The number of hydrogen-bond donors (Lipinski definition) is 3. The van der Waals surface area contributed by atoms with E-state index in [1.165, 1.54) is 68.6 Å². The van der Waals surface area contributed by atoms with E-state index in [-0.39, 0.29) is 10.3 Å². The molecule has 5 nitrogen and oxygen atoms in total. The molecule has 4 aromatic rings. The van der Waals surface area contributed by atoms with Gasteiger partial charge in [0.25, 0.3) is 10.1 Å². The van der Waals surface area contributed by atoms with E-state index in [4.69, 9.17) is 4.55 Å². The highest BCUT2D eigenvalue weighted by molar-refractivity contribution is 7.86. The van der Waals surface area contributed by atoms with Crippen LogP contribution in [0.25, 0.3) is 10.8 Å². The minimum atomic E-state index is -4.13. The van der Waals surface area contributed by atoms with E-state index < -0.39 is 10.1 Å². The van der Waals surface area contributed by atoms with Gasteiger partial charge in [0, 0.05) is 10.8 Å². The molecule has 0 heterocycles. The van der Waals surface area contributed by atoms with Crippen molar-refractivity contribution in [2.45, 2.75) is 117 Å². The van der Waals surface area contributed by atoms with Gasteiger partial charge in [-0.05, 0) is 133 Å². The average Bonchev–Trinajstić information content (AvgIpc) is 4.01. The number of phenolic OH excluding ortho intramolecular Hbond substituents is 2. The molecule has 0 radical (unpaired) electrons. The van der Waals surface area contributed by atoms with Crippen molar-refractivity contribution >= 4 is 20.9 Å². The summed E-state index contributed by atoms with van der Waals surface area (Å²) in [5, 5.41) is 21.4. The minimum absolute atomic E-state index is 0.0457. The van der Waals surface area contributed by atoms with Crippen LogP contribution in [0.3, 0.4) is 0 Å². The summed E-state index contributed by atoms with van der Waals surface area (Å²) in [4.78, 5) is -0.0457. The van der Waals surface area contributed by atoms with E-state index in [0.29, 0.717) is 16.9 Å². The standard InChI is InChI=1S/C27H30O2.C10H8O3S.2C3H8.2C2H6/c28-21-9-5-19(6-10-21)27(20-7-11-22(29)12-8-20)25-17-3-1-15(13-17)23(25)24-16-2-4-18(14-16)26(24)27;11-14(12,13)10-7-3-5-8-4-1-2-6-9(8)10;2*1-3-2;2*1-2/h5-12,15-18,23-26,28-29H,1-4,13-14H2;1-7H,(H,11,12,13);2*3H2,1-2H3;2*1-2H3. The van der Waals surface area contributed by atoms with Crippen molar-refractivity contribution in [3.05, 3.63) is 102 Å². The van der Waals surface area contributed by atoms with Crippen molar-refractivity contribution in [2.75, 3.05) is 0 Å². The quantitative estimate of drug-likeness (QED) is 0.182. The molecule has 6 heteroatoms. The van der Waals surface area contributed by atoms with E-state index in [2.05, 4.69) is 52.0 Å². The fraction of sp³-hybridized carbons (Fsp3) is 0.532. The largest absolute Gasteiger partial charge is 0.508 e. The second-order valence-electron chi connectivity index (χ2n) is 15.2. The van der Waals surface area contributed by atoms with Crippen LogP contribution in [0, 0.1) is 47.3 Å². The number of benzene rings is 4. The van der Waals surface area contributed by atoms with E-state index in [9.17, 15) is 18.6 Å². The number of hydrogen-bond acceptors (Lipinski definition) is 4. The topological polar surface area (TPSA) is 94.8 Å². The predicted molar refractivity (Wildman–Crippen MR) is 221 cm³/mol. The highest BCUT2D eigenvalue weighted by atomic mass is 32.2. The Morgan fingerprint density at radius 1 is 0.566 bits per heavy atom. The first-order chi connectivity index (χ1) is 25.6. The van der Waals surface area contributed by atoms with Gasteiger partial charge in [-0.3, -0.25) is 4.55 Å². The van der Waals surface area contributed by atoms with Crippen LogP contribution in [0.4, 0.5) is 0 Å². The molecule has 5 aliphatic rings. The molecule has 5 fully saturated rings. The number of aromatic hydroxyl groups is 2. The lowest BCUT2D eigenvalue weighted by molar-refractivity contribution is 0.153. The van der Waals surface area contributed by atoms with Gasteiger partial charge in [0.2, 0.25) is 0 Å². The summed E-state index contributed by atoms with van der Waals surface area (Å²) in [5.74, 6) is 7.52. The Morgan fingerprint density at radius 3 is 1.36 bits per heavy atom. The molecule has 3 N–H and O–H groups in total. The minimum Gasteiger partial charge on any atom is -0.508 e. The number of phenols is 2. The summed E-state index contributed by atoms with van der Waals surface area (Å²) in [7, 11) is -4.13. The lowest BCUT2D eigenvalue weighted by atomic mass is 9.57. The van der Waals surface area contributed by atoms with E-state index in [1.54, 1.807) is 30.3 Å². The molecular formula is C47H66O5S. The van der Waals surface area contributed by atoms with Crippen LogP contribution in [-0.4, -0.2) is 23.2 Å². The maximum absolute atomic E-state index is 11.0. The fourth-order valence-electron chi connectivity index (χ4n) is 11.2. The Hall–Kier alpha value is -3.35. The van der Waals surface area contributed by atoms with Crippen molar-refractivity contribution in [3.8, 4) is 11.5 Å². The maximum Gasteiger partial charge on any atom is 0.295 e. The van der Waals surface area contributed by atoms with Gasteiger partial charge in [-0.25, -0.2) is 0 Å². The third-order valence-corrected chi connectivity index (χ3v) is 13.1. The molecule has 0 aliphatic heterocycles. The van der Waals surface area contributed by atoms with Gasteiger partial charge in [-0.2, -0.15) is 8.42 Å². The second-order valence-corrected chi connectivity index (χ2v) is 16.6. The normalized spacial score (nSPS) is 27.5. The Morgan fingerprint density at radius 2 is 0.943 bits per heavy atom. The van der Waals surface area contributed by atoms with Crippen LogP contribution in [0.5, 0.6) is 11.5 Å². The van der Waals surface area contributed by atoms with Crippen LogP contribution in [0.15, 0.2) is 95.9 Å². The van der Waals surface area contributed by atoms with Crippen LogP contribution in [0.2, 0.25) is 0 Å². The molecule has 0 aromatic heterocycles. The molecule has 5 aliphatic carbocycles. The molecule has 53 heavy (non-hydrogen) atoms. The SMILES string of the molecule is CC.CC.CCC.CCC.O=S(=O)(O)c1cccc2ccccc12.Oc1ccc(C2(c3ccc(O)cc3)C3C4CCC(C4)C3C3C4CCC(C4)C32)cc1. The van der Waals surface area contributed by atoms with Gasteiger partial charge in [-0.15, -0.1) is 0 Å². The molecule has 8 atom stereocenters. The number of rotatable bonds is 3. The summed E-state index contributed by atoms with van der Waals surface area (Å²) in [5.41, 5.74) is 2.89. The Kier molecular flexibility index (Phi) is 15.0. The van der Waals surface area contributed by atoms with Crippen LogP contribution >= 0.6 is 0 Å². The zero-order valence-electron chi connectivity index (χ0n) is 33.5. The van der Waals surface area contributed by atoms with Crippen molar-refractivity contribution in [1.82, 2.24) is 0 Å². The molecule has 290 valence electrons. The predicted octanol–water partition coefficient (Wildman–Crippen LogP) is 12.7. The average molecular weight is 743 g/mol. The lowest BCUT2D eigenvalue weighted by Crippen LogP contribution is -2.44. The summed E-state index contributed by atoms with van der Waals surface area (Å²) < 4.78 is 31.0. The van der Waals surface area contributed by atoms with Gasteiger partial charge in [-0.1, -0.05) is 129 Å². The fourth-order valence-corrected chi connectivity index (χ4v) is 11.9. The molecule has 0 saturated heterocycles. The van der Waals surface area contributed by atoms with Crippen LogP contribution in [-0.2, 0) is 15.5 Å². The van der Waals surface area contributed by atoms with Gasteiger partial charge in [0.1, 0.15) is 16.4 Å². The molecular weight excluding hydrogens is 677 g/mol. The van der Waals surface area contributed by atoms with Crippen molar-refractivity contribution in [3.63, 3.8) is 0 Å². The Balaban J connectivity index is 0.000000220. The molecule has 0 spiro atoms. The summed E-state index contributed by atoms with van der Waals surface area (Å²) in [6.45, 7) is 16.5. The highest BCUT2D eigenvalue weighted by Crippen LogP contribution is 2.78. The van der Waals surface area contributed by atoms with E-state index in [1.807, 2.05) is 58.0 Å². The van der Waals surface area contributed by atoms with Crippen molar-refractivity contribution in [2.24, 2.45) is 47.3 Å². The Bertz CT molecular complexity index is 1730. The third kappa shape index (κ3) is 8.20.